The fraction of sp³-hybridized carbons (Fsp3) is 0.571. The Morgan fingerprint density at radius 3 is 2.59 bits per heavy atom. The summed E-state index contributed by atoms with van der Waals surface area (Å²) in [5.41, 5.74) is 0.529. The van der Waals surface area contributed by atoms with Crippen LogP contribution < -0.4 is 16.0 Å². The van der Waals surface area contributed by atoms with Gasteiger partial charge in [-0.3, -0.25) is 9.59 Å². The van der Waals surface area contributed by atoms with Gasteiger partial charge in [0.15, 0.2) is 5.96 Å². The largest absolute Gasteiger partial charge is 0.357 e. The van der Waals surface area contributed by atoms with E-state index in [4.69, 9.17) is 0 Å². The lowest BCUT2D eigenvalue weighted by Gasteiger charge is -2.21. The van der Waals surface area contributed by atoms with Gasteiger partial charge >= 0.3 is 0 Å². The van der Waals surface area contributed by atoms with E-state index in [1.807, 2.05) is 11.8 Å². The number of rotatable bonds is 6. The van der Waals surface area contributed by atoms with Crippen LogP contribution in [0.3, 0.4) is 0 Å². The number of halogens is 1. The van der Waals surface area contributed by atoms with Crippen LogP contribution >= 0.6 is 0 Å². The number of carbonyl (C=O) groups excluding carboxylic acids is 2. The Morgan fingerprint density at radius 2 is 1.90 bits per heavy atom. The van der Waals surface area contributed by atoms with E-state index < -0.39 is 0 Å². The smallest absolute Gasteiger partial charge is 0.246 e. The molecule has 1 atom stereocenters. The quantitative estimate of drug-likeness (QED) is 0.502. The summed E-state index contributed by atoms with van der Waals surface area (Å²) >= 11 is 0. The summed E-state index contributed by atoms with van der Waals surface area (Å²) in [4.78, 5) is 31.0. The Hall–Kier alpha value is -2.64. The van der Waals surface area contributed by atoms with Gasteiger partial charge in [0.1, 0.15) is 12.4 Å². The minimum atomic E-state index is -0.350. The van der Waals surface area contributed by atoms with E-state index in [1.165, 1.54) is 24.3 Å². The molecule has 7 nitrogen and oxygen atoms in total. The van der Waals surface area contributed by atoms with Crippen LogP contribution in [0.4, 0.5) is 10.1 Å². The molecule has 2 amide bonds. The molecular weight excluding hydrogens is 373 g/mol. The van der Waals surface area contributed by atoms with E-state index in [1.54, 1.807) is 0 Å². The number of hydrogen-bond acceptors (Lipinski definition) is 3. The average molecular weight is 404 g/mol. The highest BCUT2D eigenvalue weighted by Crippen LogP contribution is 2.27. The van der Waals surface area contributed by atoms with Gasteiger partial charge in [0.25, 0.3) is 0 Å². The minimum absolute atomic E-state index is 0.0514. The molecule has 0 spiro atoms. The predicted octanol–water partition coefficient (Wildman–Crippen LogP) is 2.11. The van der Waals surface area contributed by atoms with Crippen molar-refractivity contribution in [1.29, 1.82) is 0 Å². The molecule has 1 unspecified atom stereocenters. The molecular formula is C21H30FN5O2. The Kier molecular flexibility index (Phi) is 7.43. The minimum Gasteiger partial charge on any atom is -0.357 e. The van der Waals surface area contributed by atoms with Crippen molar-refractivity contribution in [1.82, 2.24) is 15.5 Å². The van der Waals surface area contributed by atoms with Crippen molar-refractivity contribution < 1.29 is 14.0 Å². The predicted molar refractivity (Wildman–Crippen MR) is 111 cm³/mol. The van der Waals surface area contributed by atoms with Crippen molar-refractivity contribution in [3.63, 3.8) is 0 Å². The highest BCUT2D eigenvalue weighted by Gasteiger charge is 2.32. The van der Waals surface area contributed by atoms with E-state index in [2.05, 4.69) is 20.9 Å². The van der Waals surface area contributed by atoms with Gasteiger partial charge in [0, 0.05) is 37.3 Å². The summed E-state index contributed by atoms with van der Waals surface area (Å²) in [7, 11) is 0. The highest BCUT2D eigenvalue weighted by atomic mass is 19.1. The number of hydrogen-bond donors (Lipinski definition) is 3. The zero-order valence-electron chi connectivity index (χ0n) is 16.9. The third-order valence-corrected chi connectivity index (χ3v) is 5.40. The van der Waals surface area contributed by atoms with E-state index in [0.717, 1.165) is 38.6 Å². The molecule has 158 valence electrons. The number of anilines is 1. The molecule has 0 aromatic heterocycles. The first kappa shape index (κ1) is 21.1. The molecule has 2 aliphatic rings. The highest BCUT2D eigenvalue weighted by molar-refractivity contribution is 5.94. The first-order chi connectivity index (χ1) is 14.0. The number of amides is 2. The zero-order valence-corrected chi connectivity index (χ0v) is 16.9. The summed E-state index contributed by atoms with van der Waals surface area (Å²) in [6.07, 6.45) is 5.21. The first-order valence-corrected chi connectivity index (χ1v) is 10.4. The topological polar surface area (TPSA) is 85.8 Å². The number of benzene rings is 1. The van der Waals surface area contributed by atoms with Crippen LogP contribution in [0.15, 0.2) is 29.3 Å². The summed E-state index contributed by atoms with van der Waals surface area (Å²) in [5.74, 6) is 0.412. The summed E-state index contributed by atoms with van der Waals surface area (Å²) in [6, 6.07) is 5.73. The summed E-state index contributed by atoms with van der Waals surface area (Å²) < 4.78 is 12.9. The monoisotopic (exact) mass is 403 g/mol. The second-order valence-corrected chi connectivity index (χ2v) is 7.65. The number of carbonyl (C=O) groups is 2. The average Bonchev–Trinajstić information content (AvgIpc) is 3.40. The van der Waals surface area contributed by atoms with Gasteiger partial charge in [-0.15, -0.1) is 0 Å². The lowest BCUT2D eigenvalue weighted by Crippen LogP contribution is -2.45. The van der Waals surface area contributed by atoms with Crippen LogP contribution in [0.2, 0.25) is 0 Å². The van der Waals surface area contributed by atoms with E-state index in [-0.39, 0.29) is 36.1 Å². The maximum absolute atomic E-state index is 12.9. The third kappa shape index (κ3) is 6.17. The van der Waals surface area contributed by atoms with Crippen molar-refractivity contribution in [2.75, 3.05) is 31.5 Å². The first-order valence-electron chi connectivity index (χ1n) is 10.4. The zero-order chi connectivity index (χ0) is 20.6. The van der Waals surface area contributed by atoms with Gasteiger partial charge in [0.05, 0.1) is 0 Å². The molecule has 3 N–H and O–H groups in total. The molecule has 1 aliphatic carbocycles. The van der Waals surface area contributed by atoms with Gasteiger partial charge in [0.2, 0.25) is 11.8 Å². The number of aliphatic imine (C=N–C) groups is 1. The van der Waals surface area contributed by atoms with Crippen LogP contribution in [0.1, 0.15) is 39.0 Å². The normalized spacial score (nSPS) is 20.0. The van der Waals surface area contributed by atoms with Gasteiger partial charge < -0.3 is 20.9 Å². The fourth-order valence-electron chi connectivity index (χ4n) is 3.91. The maximum atomic E-state index is 12.9. The molecule has 1 saturated carbocycles. The van der Waals surface area contributed by atoms with Gasteiger partial charge in [-0.25, -0.2) is 9.38 Å². The molecule has 3 rings (SSSR count). The van der Waals surface area contributed by atoms with Gasteiger partial charge in [-0.1, -0.05) is 12.8 Å². The molecule has 2 fully saturated rings. The Labute approximate surface area is 171 Å². The third-order valence-electron chi connectivity index (χ3n) is 5.40. The number of guanidine groups is 1. The van der Waals surface area contributed by atoms with E-state index in [9.17, 15) is 14.0 Å². The van der Waals surface area contributed by atoms with Crippen molar-refractivity contribution in [3.8, 4) is 0 Å². The molecule has 8 heteroatoms. The van der Waals surface area contributed by atoms with Crippen LogP contribution in [0.5, 0.6) is 0 Å². The molecule has 1 aromatic rings. The molecule has 1 heterocycles. The summed E-state index contributed by atoms with van der Waals surface area (Å²) in [6.45, 7) is 4.01. The summed E-state index contributed by atoms with van der Waals surface area (Å²) in [5, 5.41) is 9.17. The van der Waals surface area contributed by atoms with Crippen LogP contribution in [-0.2, 0) is 9.59 Å². The Bertz CT molecular complexity index is 731. The van der Waals surface area contributed by atoms with Gasteiger partial charge in [-0.2, -0.15) is 0 Å². The van der Waals surface area contributed by atoms with Crippen LogP contribution in [0, 0.1) is 11.7 Å². The van der Waals surface area contributed by atoms with Gasteiger partial charge in [-0.05, 0) is 50.5 Å². The fourth-order valence-corrected chi connectivity index (χ4v) is 3.91. The van der Waals surface area contributed by atoms with Crippen molar-refractivity contribution in [2.45, 2.75) is 45.1 Å². The molecule has 1 aliphatic heterocycles. The standard InChI is InChI=1S/C21H30FN5O2/c1-2-23-21(24-13-19(28)25-17-9-7-16(22)8-10-17)26-18-11-12-27(14-18)20(29)15-5-3-4-6-15/h7-10,15,18H,2-6,11-14H2,1H3,(H,25,28)(H2,23,24,26). The molecule has 0 bridgehead atoms. The molecule has 0 radical (unpaired) electrons. The molecule has 29 heavy (non-hydrogen) atoms. The molecule has 1 saturated heterocycles. The molecule has 1 aromatic carbocycles. The van der Waals surface area contributed by atoms with Crippen LogP contribution in [0.25, 0.3) is 0 Å². The lowest BCUT2D eigenvalue weighted by molar-refractivity contribution is -0.134. The van der Waals surface area contributed by atoms with E-state index in [0.29, 0.717) is 24.7 Å². The van der Waals surface area contributed by atoms with E-state index >= 15 is 0 Å². The van der Waals surface area contributed by atoms with Crippen LogP contribution in [-0.4, -0.2) is 54.9 Å². The second-order valence-electron chi connectivity index (χ2n) is 7.65. The Balaban J connectivity index is 1.49. The van der Waals surface area contributed by atoms with Crippen molar-refractivity contribution in [2.24, 2.45) is 10.9 Å². The second kappa shape index (κ2) is 10.2. The van der Waals surface area contributed by atoms with Crippen molar-refractivity contribution >= 4 is 23.5 Å². The number of nitrogens with zero attached hydrogens (tertiary/aromatic N) is 2. The lowest BCUT2D eigenvalue weighted by atomic mass is 10.1. The Morgan fingerprint density at radius 1 is 1.17 bits per heavy atom. The number of likely N-dealkylation sites (tertiary alicyclic amines) is 1. The maximum Gasteiger partial charge on any atom is 0.246 e. The number of nitrogens with one attached hydrogen (secondary N) is 3. The SMILES string of the molecule is CCNC(=NCC(=O)Nc1ccc(F)cc1)NC1CCN(C(=O)C2CCCC2)C1. The van der Waals surface area contributed by atoms with Crippen molar-refractivity contribution in [3.05, 3.63) is 30.1 Å².